The van der Waals surface area contributed by atoms with Crippen molar-refractivity contribution in [2.24, 2.45) is 0 Å². The molecule has 0 amide bonds. The van der Waals surface area contributed by atoms with Gasteiger partial charge in [0, 0.05) is 25.8 Å². The summed E-state index contributed by atoms with van der Waals surface area (Å²) in [7, 11) is 4.68. The number of aliphatic hydroxyl groups excluding tert-OH is 1. The van der Waals surface area contributed by atoms with Crippen molar-refractivity contribution < 1.29 is 28.8 Å². The van der Waals surface area contributed by atoms with Gasteiger partial charge in [-0.2, -0.15) is 0 Å². The summed E-state index contributed by atoms with van der Waals surface area (Å²) >= 11 is 0. The van der Waals surface area contributed by atoms with Gasteiger partial charge in [-0.05, 0) is 47.9 Å². The van der Waals surface area contributed by atoms with E-state index in [1.807, 2.05) is 85.8 Å². The smallest absolute Gasteiger partial charge is 0.330 e. The molecule has 2 N–H and O–H groups in total. The lowest BCUT2D eigenvalue weighted by atomic mass is 9.79. The van der Waals surface area contributed by atoms with Gasteiger partial charge in [0.05, 0.1) is 26.4 Å². The summed E-state index contributed by atoms with van der Waals surface area (Å²) in [5.74, 6) is 1.43. The van der Waals surface area contributed by atoms with Crippen LogP contribution in [0.3, 0.4) is 0 Å². The fraction of sp³-hybridized carbons (Fsp3) is 0.333. The molecule has 1 aliphatic heterocycles. The van der Waals surface area contributed by atoms with Crippen LogP contribution in [0.25, 0.3) is 0 Å². The van der Waals surface area contributed by atoms with E-state index in [-0.39, 0.29) is 6.42 Å². The van der Waals surface area contributed by atoms with E-state index in [9.17, 15) is 14.7 Å². The van der Waals surface area contributed by atoms with E-state index in [2.05, 4.69) is 4.98 Å². The molecule has 43 heavy (non-hydrogen) atoms. The quantitative estimate of drug-likeness (QED) is 0.255. The molecule has 5 atom stereocenters. The zero-order chi connectivity index (χ0) is 30.6. The van der Waals surface area contributed by atoms with Gasteiger partial charge in [0.1, 0.15) is 29.3 Å². The van der Waals surface area contributed by atoms with Crippen molar-refractivity contribution in [2.75, 3.05) is 21.3 Å². The molecule has 0 radical (unpaired) electrons. The van der Waals surface area contributed by atoms with Crippen molar-refractivity contribution in [3.05, 3.63) is 129 Å². The minimum absolute atomic E-state index is 0.274. The van der Waals surface area contributed by atoms with Crippen molar-refractivity contribution in [1.82, 2.24) is 9.55 Å². The van der Waals surface area contributed by atoms with Crippen molar-refractivity contribution in [3.8, 4) is 11.5 Å². The molecule has 0 aliphatic carbocycles. The number of aliphatic hydroxyl groups is 1. The summed E-state index contributed by atoms with van der Waals surface area (Å²) in [6, 6.07) is 26.6. The molecule has 1 saturated heterocycles. The first-order chi connectivity index (χ1) is 20.8. The van der Waals surface area contributed by atoms with Gasteiger partial charge in [0.15, 0.2) is 6.23 Å². The number of aromatic amines is 1. The maximum Gasteiger partial charge on any atom is 0.330 e. The third-order valence-corrected chi connectivity index (χ3v) is 7.83. The lowest BCUT2D eigenvalue weighted by Crippen LogP contribution is -2.40. The Kier molecular flexibility index (Phi) is 9.12. The molecule has 0 bridgehead atoms. The number of hydrogen-bond acceptors (Lipinski definition) is 8. The summed E-state index contributed by atoms with van der Waals surface area (Å²) in [4.78, 5) is 26.4. The number of aromatic nitrogens is 2. The first-order valence-corrected chi connectivity index (χ1v) is 14.0. The second-order valence-corrected chi connectivity index (χ2v) is 10.4. The number of ether oxygens (including phenoxy) is 5. The topological polar surface area (TPSA) is 121 Å². The first-order valence-electron chi connectivity index (χ1n) is 14.0. The number of benzene rings is 3. The van der Waals surface area contributed by atoms with Crippen molar-refractivity contribution in [3.63, 3.8) is 0 Å². The fourth-order valence-corrected chi connectivity index (χ4v) is 5.73. The number of hydrogen-bond donors (Lipinski definition) is 2. The number of rotatable bonds is 11. The lowest BCUT2D eigenvalue weighted by molar-refractivity contribution is -0.0885. The average Bonchev–Trinajstić information content (AvgIpc) is 3.34. The summed E-state index contributed by atoms with van der Waals surface area (Å²) in [6.45, 7) is 1.92. The van der Waals surface area contributed by atoms with Gasteiger partial charge < -0.3 is 28.8 Å². The lowest BCUT2D eigenvalue weighted by Gasteiger charge is -2.39. The van der Waals surface area contributed by atoms with E-state index in [4.69, 9.17) is 23.7 Å². The van der Waals surface area contributed by atoms with Gasteiger partial charge >= 0.3 is 5.69 Å². The van der Waals surface area contributed by atoms with Crippen LogP contribution >= 0.6 is 0 Å². The van der Waals surface area contributed by atoms with E-state index in [1.54, 1.807) is 14.2 Å². The minimum atomic E-state index is -1.06. The van der Waals surface area contributed by atoms with Crippen LogP contribution in [0.2, 0.25) is 0 Å². The molecule has 226 valence electrons. The highest BCUT2D eigenvalue weighted by molar-refractivity contribution is 5.49. The standard InChI is InChI=1S/C33H36N2O8/c1-21(20-27-29(37)30(41-4)31(42-27)35-19-18-28(36)34-32(35)38)43-33(22-8-6-5-7-9-22,23-10-14-25(39-2)15-11-23)24-12-16-26(40-3)17-13-24/h5-19,21,27,29-31,37H,20H2,1-4H3,(H,34,36,38)/t21?,27-,29-,30-,31-/m1/s1. The van der Waals surface area contributed by atoms with Gasteiger partial charge in [-0.1, -0.05) is 54.6 Å². The molecule has 10 heteroatoms. The third-order valence-electron chi connectivity index (χ3n) is 7.83. The van der Waals surface area contributed by atoms with E-state index in [0.717, 1.165) is 16.7 Å². The molecule has 1 aliphatic rings. The normalized spacial score (nSPS) is 21.0. The molecule has 2 heterocycles. The molecule has 4 aromatic rings. The zero-order valence-electron chi connectivity index (χ0n) is 24.5. The number of nitrogens with one attached hydrogen (secondary N) is 1. The van der Waals surface area contributed by atoms with E-state index in [0.29, 0.717) is 11.5 Å². The van der Waals surface area contributed by atoms with Gasteiger partial charge in [-0.15, -0.1) is 0 Å². The Hall–Kier alpha value is -4.22. The van der Waals surface area contributed by atoms with Crippen LogP contribution < -0.4 is 20.7 Å². The van der Waals surface area contributed by atoms with Crippen LogP contribution in [0.5, 0.6) is 11.5 Å². The van der Waals surface area contributed by atoms with Gasteiger partial charge in [0.25, 0.3) is 5.56 Å². The predicted octanol–water partition coefficient (Wildman–Crippen LogP) is 3.61. The Morgan fingerprint density at radius 1 is 0.860 bits per heavy atom. The maximum absolute atomic E-state index is 12.5. The predicted molar refractivity (Wildman–Crippen MR) is 160 cm³/mol. The number of methoxy groups -OCH3 is 3. The summed E-state index contributed by atoms with van der Waals surface area (Å²) in [5, 5.41) is 11.2. The Labute approximate surface area is 249 Å². The van der Waals surface area contributed by atoms with Crippen LogP contribution in [0.1, 0.15) is 36.3 Å². The minimum Gasteiger partial charge on any atom is -0.497 e. The fourth-order valence-electron chi connectivity index (χ4n) is 5.73. The van der Waals surface area contributed by atoms with Gasteiger partial charge in [0.2, 0.25) is 0 Å². The molecular weight excluding hydrogens is 552 g/mol. The molecule has 0 spiro atoms. The van der Waals surface area contributed by atoms with Crippen LogP contribution in [0.15, 0.2) is 101 Å². The zero-order valence-corrected chi connectivity index (χ0v) is 24.5. The second-order valence-electron chi connectivity index (χ2n) is 10.4. The molecule has 0 saturated carbocycles. The van der Waals surface area contributed by atoms with Crippen molar-refractivity contribution in [2.45, 2.75) is 49.6 Å². The SMILES string of the molecule is COc1ccc(C(OC(C)C[C@H]2O[C@@H](n3ccc(=O)[nH]c3=O)[C@H](OC)[C@@H]2O)(c2ccccc2)c2ccc(OC)cc2)cc1. The highest BCUT2D eigenvalue weighted by Crippen LogP contribution is 2.43. The largest absolute Gasteiger partial charge is 0.497 e. The van der Waals surface area contributed by atoms with Crippen LogP contribution in [-0.4, -0.2) is 60.4 Å². The van der Waals surface area contributed by atoms with E-state index >= 15 is 0 Å². The highest BCUT2D eigenvalue weighted by Gasteiger charge is 2.47. The second kappa shape index (κ2) is 13.0. The number of nitrogens with zero attached hydrogens (tertiary/aromatic N) is 1. The average molecular weight is 589 g/mol. The molecule has 1 fully saturated rings. The Morgan fingerprint density at radius 2 is 1.42 bits per heavy atom. The molecule has 5 rings (SSSR count). The summed E-state index contributed by atoms with van der Waals surface area (Å²) in [6.07, 6.45) is -2.44. The molecule has 1 aromatic heterocycles. The number of H-pyrrole nitrogens is 1. The Bertz CT molecular complexity index is 1550. The van der Waals surface area contributed by atoms with Gasteiger partial charge in [-0.25, -0.2) is 4.79 Å². The maximum atomic E-state index is 12.5. The summed E-state index contributed by atoms with van der Waals surface area (Å²) in [5.41, 5.74) is 0.408. The molecule has 10 nitrogen and oxygen atoms in total. The highest BCUT2D eigenvalue weighted by atomic mass is 16.6. The molecule has 3 aromatic carbocycles. The van der Waals surface area contributed by atoms with E-state index < -0.39 is 47.5 Å². The molecular formula is C33H36N2O8. The Balaban J connectivity index is 1.52. The summed E-state index contributed by atoms with van der Waals surface area (Å²) < 4.78 is 30.9. The van der Waals surface area contributed by atoms with E-state index in [1.165, 1.54) is 23.9 Å². The van der Waals surface area contributed by atoms with Crippen LogP contribution in [0, 0.1) is 0 Å². The van der Waals surface area contributed by atoms with Crippen LogP contribution in [0.4, 0.5) is 0 Å². The first kappa shape index (κ1) is 30.2. The Morgan fingerprint density at radius 3 is 1.93 bits per heavy atom. The van der Waals surface area contributed by atoms with Crippen molar-refractivity contribution in [1.29, 1.82) is 0 Å². The van der Waals surface area contributed by atoms with Crippen molar-refractivity contribution >= 4 is 0 Å². The van der Waals surface area contributed by atoms with Crippen LogP contribution in [-0.2, 0) is 19.8 Å². The van der Waals surface area contributed by atoms with Gasteiger partial charge in [-0.3, -0.25) is 14.3 Å². The third kappa shape index (κ3) is 6.00. The monoisotopic (exact) mass is 588 g/mol. The molecule has 1 unspecified atom stereocenters.